The minimum atomic E-state index is -0.267. The van der Waals surface area contributed by atoms with Crippen LogP contribution in [0.3, 0.4) is 0 Å². The van der Waals surface area contributed by atoms with Crippen molar-refractivity contribution in [2.45, 2.75) is 57.7 Å². The van der Waals surface area contributed by atoms with Crippen molar-refractivity contribution in [3.05, 3.63) is 35.5 Å². The van der Waals surface area contributed by atoms with E-state index in [9.17, 15) is 5.11 Å². The Morgan fingerprint density at radius 3 is 2.58 bits per heavy atom. The summed E-state index contributed by atoms with van der Waals surface area (Å²) in [5, 5.41) is 17.3. The van der Waals surface area contributed by atoms with Gasteiger partial charge in [-0.3, -0.25) is 0 Å². The number of aliphatic hydroxyl groups is 1. The fraction of sp³-hybridized carbons (Fsp3) is 0.714. The van der Waals surface area contributed by atoms with Crippen LogP contribution < -0.4 is 10.6 Å². The molecule has 0 radical (unpaired) electrons. The molecule has 0 saturated heterocycles. The number of nitrogens with one attached hydrogen (secondary N) is 2. The number of hydrogen-bond donors (Lipinski definition) is 3. The van der Waals surface area contributed by atoms with Crippen molar-refractivity contribution in [3.8, 4) is 0 Å². The maximum atomic E-state index is 10.1. The molecule has 1 unspecified atom stereocenters. The van der Waals surface area contributed by atoms with Gasteiger partial charge in [-0.1, -0.05) is 43.7 Å². The van der Waals surface area contributed by atoms with Crippen LogP contribution in [0.2, 0.25) is 0 Å². The van der Waals surface area contributed by atoms with E-state index in [2.05, 4.69) is 56.8 Å². The van der Waals surface area contributed by atoms with E-state index in [1.54, 1.807) is 11.1 Å². The normalized spacial score (nSPS) is 49.8. The molecule has 4 aliphatic carbocycles. The van der Waals surface area contributed by atoms with E-state index in [-0.39, 0.29) is 11.5 Å². The molecular formula is C21H32N2O. The zero-order valence-corrected chi connectivity index (χ0v) is 15.5. The zero-order chi connectivity index (χ0) is 17.1. The quantitative estimate of drug-likeness (QED) is 0.683. The first kappa shape index (κ1) is 16.6. The Hall–Kier alpha value is -0.900. The van der Waals surface area contributed by atoms with Gasteiger partial charge in [0.1, 0.15) is 0 Å². The third kappa shape index (κ3) is 2.07. The fourth-order valence-corrected chi connectivity index (χ4v) is 6.22. The Bertz CT molecular complexity index is 621. The van der Waals surface area contributed by atoms with Gasteiger partial charge in [0.2, 0.25) is 0 Å². The predicted octanol–water partition coefficient (Wildman–Crippen LogP) is 2.79. The molecule has 7 atom stereocenters. The molecule has 0 spiro atoms. The van der Waals surface area contributed by atoms with Gasteiger partial charge in [-0.2, -0.15) is 0 Å². The Balaban J connectivity index is 1.83. The van der Waals surface area contributed by atoms with Gasteiger partial charge in [0.15, 0.2) is 0 Å². The van der Waals surface area contributed by atoms with Crippen molar-refractivity contribution in [2.24, 2.45) is 22.7 Å². The van der Waals surface area contributed by atoms with Crippen LogP contribution in [0.4, 0.5) is 0 Å². The lowest BCUT2D eigenvalue weighted by Gasteiger charge is -2.55. The van der Waals surface area contributed by atoms with Gasteiger partial charge in [-0.15, -0.1) is 0 Å². The standard InChI is InChI=1S/C21H32N2O/c1-20-9-7-14(24)11-13(20)12-17(22-3)19-15-5-6-18(23-4)21(15,2)10-8-16(19)20/h5-7,9,13-15,17-18,22-24H,8,10-12H2,1-4H3/t13?,14-,15-,17-,18-,20-,21-/m0/s1. The van der Waals surface area contributed by atoms with E-state index in [0.29, 0.717) is 29.3 Å². The van der Waals surface area contributed by atoms with E-state index < -0.39 is 0 Å². The molecule has 0 aromatic rings. The smallest absolute Gasteiger partial charge is 0.0724 e. The average Bonchev–Trinajstić information content (AvgIpc) is 2.91. The van der Waals surface area contributed by atoms with Gasteiger partial charge < -0.3 is 15.7 Å². The summed E-state index contributed by atoms with van der Waals surface area (Å²) in [5.41, 5.74) is 3.74. The molecule has 0 amide bonds. The second-order valence-electron chi connectivity index (χ2n) is 8.79. The van der Waals surface area contributed by atoms with Gasteiger partial charge in [-0.05, 0) is 56.7 Å². The van der Waals surface area contributed by atoms with E-state index in [1.807, 2.05) is 6.08 Å². The molecule has 0 aromatic carbocycles. The highest BCUT2D eigenvalue weighted by Gasteiger charge is 2.54. The number of likely N-dealkylation sites (N-methyl/N-ethyl adjacent to an activating group) is 2. The lowest BCUT2D eigenvalue weighted by molar-refractivity contribution is 0.0942. The first-order valence-electron chi connectivity index (χ1n) is 9.57. The van der Waals surface area contributed by atoms with Crippen molar-refractivity contribution in [2.75, 3.05) is 14.1 Å². The Morgan fingerprint density at radius 2 is 1.88 bits per heavy atom. The highest BCUT2D eigenvalue weighted by molar-refractivity contribution is 5.44. The van der Waals surface area contributed by atoms with E-state index in [0.717, 1.165) is 12.8 Å². The minimum absolute atomic E-state index is 0.134. The first-order chi connectivity index (χ1) is 11.4. The summed E-state index contributed by atoms with van der Waals surface area (Å²) in [6.45, 7) is 4.88. The summed E-state index contributed by atoms with van der Waals surface area (Å²) in [4.78, 5) is 0. The molecular weight excluding hydrogens is 296 g/mol. The Labute approximate surface area is 146 Å². The molecule has 3 nitrogen and oxygen atoms in total. The van der Waals surface area contributed by atoms with Gasteiger partial charge in [0.05, 0.1) is 6.10 Å². The summed E-state index contributed by atoms with van der Waals surface area (Å²) < 4.78 is 0. The monoisotopic (exact) mass is 328 g/mol. The largest absolute Gasteiger partial charge is 0.389 e. The van der Waals surface area contributed by atoms with E-state index in [1.165, 1.54) is 12.8 Å². The Kier molecular flexibility index (Phi) is 3.83. The first-order valence-corrected chi connectivity index (χ1v) is 9.57. The maximum absolute atomic E-state index is 10.1. The molecule has 4 aliphatic rings. The molecule has 3 heteroatoms. The van der Waals surface area contributed by atoms with Crippen molar-refractivity contribution in [1.82, 2.24) is 10.6 Å². The summed E-state index contributed by atoms with van der Waals surface area (Å²) in [5.74, 6) is 1.08. The van der Waals surface area contributed by atoms with Gasteiger partial charge in [0.25, 0.3) is 0 Å². The highest BCUT2D eigenvalue weighted by Crippen LogP contribution is 2.60. The summed E-state index contributed by atoms with van der Waals surface area (Å²) >= 11 is 0. The van der Waals surface area contributed by atoms with Crippen LogP contribution >= 0.6 is 0 Å². The van der Waals surface area contributed by atoms with Crippen molar-refractivity contribution < 1.29 is 5.11 Å². The van der Waals surface area contributed by atoms with Crippen LogP contribution in [-0.2, 0) is 0 Å². The molecule has 3 N–H and O–H groups in total. The maximum Gasteiger partial charge on any atom is 0.0724 e. The molecule has 0 fully saturated rings. The Morgan fingerprint density at radius 1 is 1.08 bits per heavy atom. The third-order valence-corrected chi connectivity index (χ3v) is 7.76. The molecule has 0 aliphatic heterocycles. The molecule has 24 heavy (non-hydrogen) atoms. The van der Waals surface area contributed by atoms with Crippen molar-refractivity contribution in [3.63, 3.8) is 0 Å². The van der Waals surface area contributed by atoms with Gasteiger partial charge in [0, 0.05) is 23.4 Å². The lowest BCUT2D eigenvalue weighted by atomic mass is 9.51. The van der Waals surface area contributed by atoms with E-state index in [4.69, 9.17) is 0 Å². The molecule has 0 heterocycles. The number of hydrogen-bond acceptors (Lipinski definition) is 3. The van der Waals surface area contributed by atoms with Crippen LogP contribution in [0.25, 0.3) is 0 Å². The van der Waals surface area contributed by atoms with E-state index >= 15 is 0 Å². The summed E-state index contributed by atoms with van der Waals surface area (Å²) in [7, 11) is 4.19. The minimum Gasteiger partial charge on any atom is -0.389 e. The SMILES string of the molecule is CN[C@H]1CC2C[C@@H](O)C=C[C@]2(C)C2=C1[C@@H]1C=C[C@H](NC)[C@@]1(C)CC2. The number of aliphatic hydroxyl groups excluding tert-OH is 1. The molecule has 0 bridgehead atoms. The second kappa shape index (κ2) is 5.55. The topological polar surface area (TPSA) is 44.3 Å². The van der Waals surface area contributed by atoms with Crippen molar-refractivity contribution in [1.29, 1.82) is 0 Å². The van der Waals surface area contributed by atoms with Crippen LogP contribution in [0.1, 0.15) is 39.5 Å². The average molecular weight is 329 g/mol. The molecule has 0 saturated carbocycles. The highest BCUT2D eigenvalue weighted by atomic mass is 16.3. The lowest BCUT2D eigenvalue weighted by Crippen LogP contribution is -2.52. The van der Waals surface area contributed by atoms with Crippen LogP contribution in [0.5, 0.6) is 0 Å². The number of fused-ring (bicyclic) bond motifs is 4. The summed E-state index contributed by atoms with van der Waals surface area (Å²) in [6.07, 6.45) is 13.4. The zero-order valence-electron chi connectivity index (χ0n) is 15.5. The van der Waals surface area contributed by atoms with Crippen molar-refractivity contribution >= 4 is 0 Å². The fourth-order valence-electron chi connectivity index (χ4n) is 6.22. The van der Waals surface area contributed by atoms with Gasteiger partial charge in [-0.25, -0.2) is 0 Å². The third-order valence-electron chi connectivity index (χ3n) is 7.76. The predicted molar refractivity (Wildman–Crippen MR) is 98.7 cm³/mol. The van der Waals surface area contributed by atoms with Gasteiger partial charge >= 0.3 is 0 Å². The second-order valence-corrected chi connectivity index (χ2v) is 8.79. The van der Waals surface area contributed by atoms with Crippen LogP contribution in [0.15, 0.2) is 35.5 Å². The molecule has 0 aromatic heterocycles. The molecule has 132 valence electrons. The summed E-state index contributed by atoms with van der Waals surface area (Å²) in [6, 6.07) is 0.921. The van der Waals surface area contributed by atoms with Crippen LogP contribution in [0, 0.1) is 22.7 Å². The number of allylic oxidation sites excluding steroid dienone is 3. The van der Waals surface area contributed by atoms with Crippen LogP contribution in [-0.4, -0.2) is 37.4 Å². The number of rotatable bonds is 2. The molecule has 4 rings (SSSR count).